The lowest BCUT2D eigenvalue weighted by Gasteiger charge is -2.26. The molecule has 0 bridgehead atoms. The zero-order chi connectivity index (χ0) is 25.1. The Morgan fingerprint density at radius 3 is 2.35 bits per heavy atom. The standard InChI is InChI=1S/C23H20ClF3N2O4S/c1-15-8-11-21(33-2)20(12-15)29(34(31,32)17-6-4-3-5-7-17)14-22(30)28-16-9-10-19(24)18(13-16)23(25,26)27/h3-13H,14H2,1-2H3,(H,28,30). The largest absolute Gasteiger partial charge is 0.495 e. The topological polar surface area (TPSA) is 75.7 Å². The number of methoxy groups -OCH3 is 1. The van der Waals surface area contributed by atoms with E-state index in [0.717, 1.165) is 10.4 Å². The molecule has 0 aliphatic carbocycles. The minimum Gasteiger partial charge on any atom is -0.495 e. The Labute approximate surface area is 200 Å². The van der Waals surface area contributed by atoms with Gasteiger partial charge in [0, 0.05) is 5.69 Å². The van der Waals surface area contributed by atoms with Gasteiger partial charge >= 0.3 is 6.18 Å². The van der Waals surface area contributed by atoms with Crippen LogP contribution in [0.25, 0.3) is 0 Å². The smallest absolute Gasteiger partial charge is 0.417 e. The fourth-order valence-electron chi connectivity index (χ4n) is 3.17. The molecule has 0 heterocycles. The highest BCUT2D eigenvalue weighted by Gasteiger charge is 2.34. The van der Waals surface area contributed by atoms with Gasteiger partial charge in [0.05, 0.1) is 28.3 Å². The van der Waals surface area contributed by atoms with Crippen molar-refractivity contribution in [2.45, 2.75) is 18.0 Å². The van der Waals surface area contributed by atoms with Crippen molar-refractivity contribution in [3.63, 3.8) is 0 Å². The van der Waals surface area contributed by atoms with E-state index in [1.807, 2.05) is 0 Å². The molecule has 1 amide bonds. The average Bonchev–Trinajstić information content (AvgIpc) is 2.78. The van der Waals surface area contributed by atoms with Gasteiger partial charge in [-0.2, -0.15) is 13.2 Å². The molecule has 0 atom stereocenters. The molecule has 180 valence electrons. The van der Waals surface area contributed by atoms with E-state index in [9.17, 15) is 26.4 Å². The number of ether oxygens (including phenoxy) is 1. The lowest BCUT2D eigenvalue weighted by Crippen LogP contribution is -2.38. The molecule has 1 N–H and O–H groups in total. The number of benzene rings is 3. The first-order valence-corrected chi connectivity index (χ1v) is 11.6. The number of amides is 1. The summed E-state index contributed by atoms with van der Waals surface area (Å²) in [6, 6.07) is 15.1. The molecule has 0 aliphatic heterocycles. The number of hydrogen-bond acceptors (Lipinski definition) is 4. The predicted octanol–water partition coefficient (Wildman–Crippen LogP) is 5.51. The normalized spacial score (nSPS) is 11.7. The summed E-state index contributed by atoms with van der Waals surface area (Å²) in [4.78, 5) is 12.8. The van der Waals surface area contributed by atoms with Crippen LogP contribution in [0.5, 0.6) is 5.75 Å². The molecule has 0 aromatic heterocycles. The van der Waals surface area contributed by atoms with Crippen molar-refractivity contribution < 1.29 is 31.1 Å². The van der Waals surface area contributed by atoms with E-state index in [2.05, 4.69) is 5.32 Å². The summed E-state index contributed by atoms with van der Waals surface area (Å²) in [6.45, 7) is 1.02. The van der Waals surface area contributed by atoms with Crippen LogP contribution in [0.15, 0.2) is 71.6 Å². The summed E-state index contributed by atoms with van der Waals surface area (Å²) in [5.74, 6) is -0.665. The van der Waals surface area contributed by atoms with Gasteiger partial charge in [-0.05, 0) is 55.0 Å². The van der Waals surface area contributed by atoms with Crippen molar-refractivity contribution in [1.29, 1.82) is 0 Å². The van der Waals surface area contributed by atoms with Crippen LogP contribution in [-0.2, 0) is 21.0 Å². The lowest BCUT2D eigenvalue weighted by molar-refractivity contribution is -0.137. The maximum Gasteiger partial charge on any atom is 0.417 e. The van der Waals surface area contributed by atoms with E-state index in [1.54, 1.807) is 25.1 Å². The number of halogens is 4. The van der Waals surface area contributed by atoms with Crippen LogP contribution in [0, 0.1) is 6.92 Å². The number of carbonyl (C=O) groups is 1. The van der Waals surface area contributed by atoms with Crippen LogP contribution >= 0.6 is 11.6 Å². The summed E-state index contributed by atoms with van der Waals surface area (Å²) in [6.07, 6.45) is -4.73. The Bertz CT molecular complexity index is 1300. The average molecular weight is 513 g/mol. The number of rotatable bonds is 7. The maximum atomic E-state index is 13.5. The third-order valence-corrected chi connectivity index (χ3v) is 6.88. The molecule has 3 aromatic carbocycles. The summed E-state index contributed by atoms with van der Waals surface area (Å²) in [5, 5.41) is 1.79. The number of sulfonamides is 1. The number of hydrogen-bond donors (Lipinski definition) is 1. The number of alkyl halides is 3. The SMILES string of the molecule is COc1ccc(C)cc1N(CC(=O)Nc1ccc(Cl)c(C(F)(F)F)c1)S(=O)(=O)c1ccccc1. The first-order valence-electron chi connectivity index (χ1n) is 9.82. The number of aryl methyl sites for hydroxylation is 1. The van der Waals surface area contributed by atoms with E-state index in [0.29, 0.717) is 11.6 Å². The van der Waals surface area contributed by atoms with Gasteiger partial charge in [-0.1, -0.05) is 35.9 Å². The molecule has 0 fully saturated rings. The molecule has 0 saturated carbocycles. The van der Waals surface area contributed by atoms with Crippen LogP contribution in [-0.4, -0.2) is 28.0 Å². The molecule has 0 aliphatic rings. The Kier molecular flexibility index (Phi) is 7.42. The first kappa shape index (κ1) is 25.4. The van der Waals surface area contributed by atoms with Gasteiger partial charge in [-0.3, -0.25) is 9.10 Å². The maximum absolute atomic E-state index is 13.5. The quantitative estimate of drug-likeness (QED) is 0.453. The summed E-state index contributed by atoms with van der Waals surface area (Å²) in [7, 11) is -2.88. The fraction of sp³-hybridized carbons (Fsp3) is 0.174. The van der Waals surface area contributed by atoms with E-state index in [1.165, 1.54) is 43.5 Å². The zero-order valence-electron chi connectivity index (χ0n) is 18.1. The molecule has 3 aromatic rings. The molecule has 0 saturated heterocycles. The summed E-state index contributed by atoms with van der Waals surface area (Å²) in [5.41, 5.74) is -0.498. The number of carbonyl (C=O) groups excluding carboxylic acids is 1. The Balaban J connectivity index is 2.01. The highest BCUT2D eigenvalue weighted by Crippen LogP contribution is 2.37. The second kappa shape index (κ2) is 9.94. The fourth-order valence-corrected chi connectivity index (χ4v) is 4.83. The van der Waals surface area contributed by atoms with Gasteiger partial charge in [0.1, 0.15) is 12.3 Å². The van der Waals surface area contributed by atoms with Gasteiger partial charge < -0.3 is 10.1 Å². The van der Waals surface area contributed by atoms with E-state index < -0.39 is 39.2 Å². The molecular weight excluding hydrogens is 493 g/mol. The van der Waals surface area contributed by atoms with Crippen LogP contribution in [0.2, 0.25) is 5.02 Å². The predicted molar refractivity (Wildman–Crippen MR) is 124 cm³/mol. The van der Waals surface area contributed by atoms with Gasteiger partial charge in [0.2, 0.25) is 5.91 Å². The third kappa shape index (κ3) is 5.63. The first-order chi connectivity index (χ1) is 15.9. The monoisotopic (exact) mass is 512 g/mol. The van der Waals surface area contributed by atoms with E-state index >= 15 is 0 Å². The van der Waals surface area contributed by atoms with E-state index in [4.69, 9.17) is 16.3 Å². The molecule has 0 radical (unpaired) electrons. The second-order valence-corrected chi connectivity index (χ2v) is 9.51. The third-order valence-electron chi connectivity index (χ3n) is 4.78. The van der Waals surface area contributed by atoms with Gasteiger partial charge in [-0.15, -0.1) is 0 Å². The number of anilines is 2. The lowest BCUT2D eigenvalue weighted by atomic mass is 10.2. The molecule has 6 nitrogen and oxygen atoms in total. The second-order valence-electron chi connectivity index (χ2n) is 7.24. The van der Waals surface area contributed by atoms with Crippen molar-refractivity contribution in [2.24, 2.45) is 0 Å². The number of nitrogens with zero attached hydrogens (tertiary/aromatic N) is 1. The molecule has 34 heavy (non-hydrogen) atoms. The Morgan fingerprint density at radius 2 is 1.74 bits per heavy atom. The Hall–Kier alpha value is -3.24. The van der Waals surface area contributed by atoms with Crippen molar-refractivity contribution in [1.82, 2.24) is 0 Å². The molecule has 0 spiro atoms. The van der Waals surface area contributed by atoms with Crippen molar-refractivity contribution in [3.8, 4) is 5.75 Å². The van der Waals surface area contributed by atoms with Gasteiger partial charge in [-0.25, -0.2) is 8.42 Å². The minimum absolute atomic E-state index is 0.0720. The molecule has 11 heteroatoms. The molecular formula is C23H20ClF3N2O4S. The van der Waals surface area contributed by atoms with Crippen molar-refractivity contribution in [3.05, 3.63) is 82.9 Å². The van der Waals surface area contributed by atoms with Crippen LogP contribution in [0.1, 0.15) is 11.1 Å². The van der Waals surface area contributed by atoms with Crippen LogP contribution < -0.4 is 14.4 Å². The molecule has 0 unspecified atom stereocenters. The zero-order valence-corrected chi connectivity index (χ0v) is 19.6. The van der Waals surface area contributed by atoms with Crippen molar-refractivity contribution >= 4 is 38.9 Å². The highest BCUT2D eigenvalue weighted by atomic mass is 35.5. The van der Waals surface area contributed by atoms with Gasteiger partial charge in [0.15, 0.2) is 0 Å². The van der Waals surface area contributed by atoms with Crippen LogP contribution in [0.4, 0.5) is 24.5 Å². The van der Waals surface area contributed by atoms with Crippen molar-refractivity contribution in [2.75, 3.05) is 23.3 Å². The molecule has 3 rings (SSSR count). The van der Waals surface area contributed by atoms with Crippen LogP contribution in [0.3, 0.4) is 0 Å². The van der Waals surface area contributed by atoms with Gasteiger partial charge in [0.25, 0.3) is 10.0 Å². The highest BCUT2D eigenvalue weighted by molar-refractivity contribution is 7.92. The van der Waals surface area contributed by atoms with E-state index in [-0.39, 0.29) is 22.0 Å². The summed E-state index contributed by atoms with van der Waals surface area (Å²) >= 11 is 5.62. The summed E-state index contributed by atoms with van der Waals surface area (Å²) < 4.78 is 72.6. The Morgan fingerprint density at radius 1 is 1.06 bits per heavy atom. The minimum atomic E-state index is -4.73. The number of nitrogens with one attached hydrogen (secondary N) is 1.